The zero-order valence-corrected chi connectivity index (χ0v) is 9.89. The first kappa shape index (κ1) is 10.6. The maximum absolute atomic E-state index is 5.38. The molecule has 0 aliphatic heterocycles. The molecule has 1 heteroatoms. The summed E-state index contributed by atoms with van der Waals surface area (Å²) >= 11 is 0. The standard InChI is InChI=1S/C17H12O/c1-2-9-18-17-8-7-15-10-13-5-3-4-6-14(13)11-16(15)12-17/h3-12H,1H2. The molecule has 86 valence electrons. The molecule has 0 fully saturated rings. The average Bonchev–Trinajstić information content (AvgIpc) is 2.42. The molecule has 0 aliphatic carbocycles. The molecule has 0 bridgehead atoms. The molecule has 18 heavy (non-hydrogen) atoms. The van der Waals surface area contributed by atoms with Crippen molar-refractivity contribution in [2.75, 3.05) is 0 Å². The van der Waals surface area contributed by atoms with Crippen LogP contribution in [-0.2, 0) is 0 Å². The fourth-order valence-corrected chi connectivity index (χ4v) is 2.10. The summed E-state index contributed by atoms with van der Waals surface area (Å²) in [6.45, 7) is 3.47. The molecule has 0 spiro atoms. The molecule has 0 aliphatic rings. The predicted molar refractivity (Wildman–Crippen MR) is 75.8 cm³/mol. The van der Waals surface area contributed by atoms with E-state index in [2.05, 4.69) is 54.8 Å². The number of rotatable bonds is 2. The van der Waals surface area contributed by atoms with Gasteiger partial charge >= 0.3 is 0 Å². The molecule has 0 unspecified atom stereocenters. The maximum atomic E-state index is 5.38. The monoisotopic (exact) mass is 232 g/mol. The van der Waals surface area contributed by atoms with Crippen molar-refractivity contribution in [3.63, 3.8) is 0 Å². The Bertz CT molecular complexity index is 765. The number of hydrogen-bond acceptors (Lipinski definition) is 1. The van der Waals surface area contributed by atoms with E-state index in [4.69, 9.17) is 4.74 Å². The largest absolute Gasteiger partial charge is 0.457 e. The van der Waals surface area contributed by atoms with Gasteiger partial charge in [-0.3, -0.25) is 0 Å². The van der Waals surface area contributed by atoms with Crippen molar-refractivity contribution in [3.05, 3.63) is 73.2 Å². The van der Waals surface area contributed by atoms with Gasteiger partial charge in [0, 0.05) is 0 Å². The summed E-state index contributed by atoms with van der Waals surface area (Å²) in [5.41, 5.74) is 2.60. The molecule has 3 aromatic carbocycles. The topological polar surface area (TPSA) is 9.23 Å². The van der Waals surface area contributed by atoms with Crippen LogP contribution in [0.4, 0.5) is 0 Å². The van der Waals surface area contributed by atoms with E-state index in [9.17, 15) is 0 Å². The normalized spacial score (nSPS) is 10.2. The van der Waals surface area contributed by atoms with Gasteiger partial charge in [0.05, 0.1) is 0 Å². The van der Waals surface area contributed by atoms with Crippen molar-refractivity contribution in [2.24, 2.45) is 0 Å². The van der Waals surface area contributed by atoms with Gasteiger partial charge in [0.25, 0.3) is 0 Å². The van der Waals surface area contributed by atoms with Crippen LogP contribution in [0.25, 0.3) is 21.5 Å². The van der Waals surface area contributed by atoms with Gasteiger partial charge in [0.1, 0.15) is 12.0 Å². The first-order valence-electron chi connectivity index (χ1n) is 5.80. The SMILES string of the molecule is C=C=COc1ccc2cc3ccccc3cc2c1. The molecule has 0 heterocycles. The van der Waals surface area contributed by atoms with Gasteiger partial charge in [0.2, 0.25) is 0 Å². The van der Waals surface area contributed by atoms with E-state index in [0.29, 0.717) is 0 Å². The molecule has 0 aromatic heterocycles. The summed E-state index contributed by atoms with van der Waals surface area (Å²) in [5, 5.41) is 4.87. The highest BCUT2D eigenvalue weighted by molar-refractivity contribution is 5.98. The molecule has 3 aromatic rings. The summed E-state index contributed by atoms with van der Waals surface area (Å²) in [4.78, 5) is 0. The number of ether oxygens (including phenoxy) is 1. The van der Waals surface area contributed by atoms with Crippen LogP contribution < -0.4 is 4.74 Å². The second kappa shape index (κ2) is 4.40. The number of hydrogen-bond donors (Lipinski definition) is 0. The third-order valence-corrected chi connectivity index (χ3v) is 2.95. The number of benzene rings is 3. The quantitative estimate of drug-likeness (QED) is 0.354. The van der Waals surface area contributed by atoms with E-state index in [1.165, 1.54) is 27.8 Å². The lowest BCUT2D eigenvalue weighted by atomic mass is 10.0. The van der Waals surface area contributed by atoms with E-state index < -0.39 is 0 Å². The summed E-state index contributed by atoms with van der Waals surface area (Å²) in [6, 6.07) is 18.8. The average molecular weight is 232 g/mol. The Morgan fingerprint density at radius 3 is 2.22 bits per heavy atom. The highest BCUT2D eigenvalue weighted by Crippen LogP contribution is 2.26. The Morgan fingerprint density at radius 2 is 1.50 bits per heavy atom. The minimum Gasteiger partial charge on any atom is -0.457 e. The first-order valence-corrected chi connectivity index (χ1v) is 5.80. The molecule has 0 amide bonds. The van der Waals surface area contributed by atoms with Gasteiger partial charge in [-0.2, -0.15) is 0 Å². The lowest BCUT2D eigenvalue weighted by molar-refractivity contribution is 0.483. The number of fused-ring (bicyclic) bond motifs is 2. The van der Waals surface area contributed by atoms with Crippen molar-refractivity contribution in [3.8, 4) is 5.75 Å². The molecule has 0 saturated carbocycles. The van der Waals surface area contributed by atoms with E-state index in [1.807, 2.05) is 12.1 Å². The van der Waals surface area contributed by atoms with Crippen LogP contribution >= 0.6 is 0 Å². The van der Waals surface area contributed by atoms with Crippen LogP contribution in [0.5, 0.6) is 5.75 Å². The third kappa shape index (κ3) is 1.88. The Morgan fingerprint density at radius 1 is 0.833 bits per heavy atom. The van der Waals surface area contributed by atoms with Crippen molar-refractivity contribution in [1.82, 2.24) is 0 Å². The van der Waals surface area contributed by atoms with Gasteiger partial charge in [-0.05, 0) is 45.8 Å². The third-order valence-electron chi connectivity index (χ3n) is 2.95. The van der Waals surface area contributed by atoms with E-state index in [-0.39, 0.29) is 0 Å². The summed E-state index contributed by atoms with van der Waals surface area (Å²) in [7, 11) is 0. The van der Waals surface area contributed by atoms with Crippen molar-refractivity contribution >= 4 is 21.5 Å². The minimum absolute atomic E-state index is 0.800. The van der Waals surface area contributed by atoms with E-state index in [1.54, 1.807) is 0 Å². The van der Waals surface area contributed by atoms with Gasteiger partial charge in [-0.25, -0.2) is 0 Å². The second-order valence-electron chi connectivity index (χ2n) is 4.15. The molecule has 3 rings (SSSR count). The van der Waals surface area contributed by atoms with Crippen LogP contribution in [-0.4, -0.2) is 0 Å². The smallest absolute Gasteiger partial charge is 0.133 e. The summed E-state index contributed by atoms with van der Waals surface area (Å²) < 4.78 is 5.38. The lowest BCUT2D eigenvalue weighted by Crippen LogP contribution is -1.82. The highest BCUT2D eigenvalue weighted by Gasteiger charge is 1.99. The lowest BCUT2D eigenvalue weighted by Gasteiger charge is -2.04. The van der Waals surface area contributed by atoms with Crippen LogP contribution in [0.2, 0.25) is 0 Å². The molecule has 1 nitrogen and oxygen atoms in total. The van der Waals surface area contributed by atoms with Crippen molar-refractivity contribution in [2.45, 2.75) is 0 Å². The molecular weight excluding hydrogens is 220 g/mol. The minimum atomic E-state index is 0.800. The molecule has 0 saturated heterocycles. The predicted octanol–water partition coefficient (Wildman–Crippen LogP) is 4.67. The molecular formula is C17H12O. The molecule has 0 N–H and O–H groups in total. The van der Waals surface area contributed by atoms with Gasteiger partial charge in [0.15, 0.2) is 0 Å². The van der Waals surface area contributed by atoms with Gasteiger partial charge < -0.3 is 4.74 Å². The maximum Gasteiger partial charge on any atom is 0.133 e. The highest BCUT2D eigenvalue weighted by atomic mass is 16.5. The fraction of sp³-hybridized carbons (Fsp3) is 0. The summed E-state index contributed by atoms with van der Waals surface area (Å²) in [6.07, 6.45) is 1.46. The van der Waals surface area contributed by atoms with Crippen LogP contribution in [0.15, 0.2) is 73.2 Å². The van der Waals surface area contributed by atoms with Crippen molar-refractivity contribution in [1.29, 1.82) is 0 Å². The Kier molecular flexibility index (Phi) is 2.60. The summed E-state index contributed by atoms with van der Waals surface area (Å²) in [5.74, 6) is 0.800. The van der Waals surface area contributed by atoms with Crippen LogP contribution in [0, 0.1) is 0 Å². The van der Waals surface area contributed by atoms with Crippen molar-refractivity contribution < 1.29 is 4.74 Å². The fourth-order valence-electron chi connectivity index (χ4n) is 2.10. The Hall–Kier alpha value is -2.50. The Labute approximate surface area is 106 Å². The zero-order valence-electron chi connectivity index (χ0n) is 9.89. The van der Waals surface area contributed by atoms with E-state index in [0.717, 1.165) is 5.75 Å². The van der Waals surface area contributed by atoms with Crippen LogP contribution in [0.1, 0.15) is 0 Å². The van der Waals surface area contributed by atoms with Gasteiger partial charge in [-0.15, -0.1) is 0 Å². The Balaban J connectivity index is 2.20. The first-order chi connectivity index (χ1) is 8.86. The van der Waals surface area contributed by atoms with Gasteiger partial charge in [-0.1, -0.05) is 42.6 Å². The van der Waals surface area contributed by atoms with Crippen LogP contribution in [0.3, 0.4) is 0 Å². The zero-order chi connectivity index (χ0) is 12.4. The second-order valence-corrected chi connectivity index (χ2v) is 4.15. The molecule has 0 radical (unpaired) electrons. The molecule has 0 atom stereocenters. The van der Waals surface area contributed by atoms with E-state index >= 15 is 0 Å².